The first-order valence-electron chi connectivity index (χ1n) is 11.0. The number of carbonyl (C=O) groups is 1. The summed E-state index contributed by atoms with van der Waals surface area (Å²) >= 11 is 0. The van der Waals surface area contributed by atoms with E-state index in [1.54, 1.807) is 6.08 Å². The van der Waals surface area contributed by atoms with E-state index in [0.29, 0.717) is 0 Å². The van der Waals surface area contributed by atoms with Crippen LogP contribution in [0.5, 0.6) is 0 Å². The van der Waals surface area contributed by atoms with Gasteiger partial charge in [-0.15, -0.1) is 0 Å². The fraction of sp³-hybridized carbons (Fsp3) is 0.0333. The highest BCUT2D eigenvalue weighted by molar-refractivity contribution is 7.80. The minimum atomic E-state index is -0.914. The van der Waals surface area contributed by atoms with Crippen molar-refractivity contribution >= 4 is 42.8 Å². The number of allylic oxidation sites excluding steroid dienone is 4. The van der Waals surface area contributed by atoms with Gasteiger partial charge in [-0.1, -0.05) is 133 Å². The molecular formula is C30H24OP2. The van der Waals surface area contributed by atoms with E-state index in [2.05, 4.69) is 115 Å². The maximum Gasteiger partial charge on any atom is 0.168 e. The van der Waals surface area contributed by atoms with E-state index in [0.717, 1.165) is 0 Å². The lowest BCUT2D eigenvalue weighted by Gasteiger charge is -2.34. The first-order chi connectivity index (χ1) is 16.3. The second-order valence-corrected chi connectivity index (χ2v) is 12.3. The predicted octanol–water partition coefficient (Wildman–Crippen LogP) is 5.64. The van der Waals surface area contributed by atoms with Crippen LogP contribution in [0.15, 0.2) is 145 Å². The van der Waals surface area contributed by atoms with Gasteiger partial charge in [0.2, 0.25) is 0 Å². The van der Waals surface area contributed by atoms with Crippen molar-refractivity contribution in [3.63, 3.8) is 0 Å². The molecule has 0 amide bonds. The molecule has 1 atom stereocenters. The Labute approximate surface area is 198 Å². The zero-order chi connectivity index (χ0) is 22.5. The van der Waals surface area contributed by atoms with Gasteiger partial charge in [0.1, 0.15) is 0 Å². The first kappa shape index (κ1) is 21.7. The van der Waals surface area contributed by atoms with Crippen LogP contribution >= 0.6 is 15.8 Å². The van der Waals surface area contributed by atoms with Crippen LogP contribution < -0.4 is 21.2 Å². The normalized spacial score (nSPS) is 15.6. The van der Waals surface area contributed by atoms with Crippen molar-refractivity contribution < 1.29 is 4.79 Å². The Hall–Kier alpha value is -3.11. The summed E-state index contributed by atoms with van der Waals surface area (Å²) in [5.74, 6) is 0.200. The van der Waals surface area contributed by atoms with Crippen LogP contribution in [-0.2, 0) is 4.79 Å². The first-order valence-corrected chi connectivity index (χ1v) is 13.8. The zero-order valence-corrected chi connectivity index (χ0v) is 19.9. The van der Waals surface area contributed by atoms with E-state index in [-0.39, 0.29) is 11.4 Å². The van der Waals surface area contributed by atoms with Gasteiger partial charge in [0.15, 0.2) is 5.78 Å². The smallest absolute Gasteiger partial charge is 0.168 e. The Kier molecular flexibility index (Phi) is 6.73. The number of ketones is 1. The quantitative estimate of drug-likeness (QED) is 0.339. The Bertz CT molecular complexity index is 1190. The monoisotopic (exact) mass is 462 g/mol. The second kappa shape index (κ2) is 10.2. The third-order valence-corrected chi connectivity index (χ3v) is 11.2. The van der Waals surface area contributed by atoms with Crippen LogP contribution in [0.25, 0.3) is 0 Å². The standard InChI is InChI=1S/C30H24OP2/c31-28-22-13-23-29(32(24-14-5-1-6-15-24)25-16-7-2-8-17-25)30(28)33(26-18-9-3-10-19-26)27-20-11-4-12-21-27/h1-23,30H. The average Bonchev–Trinajstić information content (AvgIpc) is 2.89. The van der Waals surface area contributed by atoms with Gasteiger partial charge >= 0.3 is 0 Å². The van der Waals surface area contributed by atoms with Crippen LogP contribution in [-0.4, -0.2) is 11.4 Å². The fourth-order valence-corrected chi connectivity index (χ4v) is 9.96. The maximum atomic E-state index is 13.7. The number of hydrogen-bond acceptors (Lipinski definition) is 1. The van der Waals surface area contributed by atoms with Gasteiger partial charge in [-0.05, 0) is 48.5 Å². The molecule has 1 unspecified atom stereocenters. The van der Waals surface area contributed by atoms with Crippen molar-refractivity contribution in [2.24, 2.45) is 0 Å². The van der Waals surface area contributed by atoms with Crippen LogP contribution in [0.1, 0.15) is 0 Å². The van der Waals surface area contributed by atoms with Crippen molar-refractivity contribution in [2.75, 3.05) is 0 Å². The van der Waals surface area contributed by atoms with E-state index < -0.39 is 15.8 Å². The van der Waals surface area contributed by atoms with Gasteiger partial charge in [0.05, 0.1) is 5.66 Å². The van der Waals surface area contributed by atoms with E-state index >= 15 is 0 Å². The van der Waals surface area contributed by atoms with Crippen LogP contribution in [0.3, 0.4) is 0 Å². The summed E-state index contributed by atoms with van der Waals surface area (Å²) in [5.41, 5.74) is -0.193. The van der Waals surface area contributed by atoms with Crippen molar-refractivity contribution in [3.05, 3.63) is 145 Å². The largest absolute Gasteiger partial charge is 0.294 e. The molecule has 0 radical (unpaired) electrons. The molecule has 1 aliphatic carbocycles. The molecule has 0 bridgehead atoms. The van der Waals surface area contributed by atoms with Crippen molar-refractivity contribution in [1.29, 1.82) is 0 Å². The van der Waals surface area contributed by atoms with Crippen molar-refractivity contribution in [1.82, 2.24) is 0 Å². The van der Waals surface area contributed by atoms with Gasteiger partial charge in [0.25, 0.3) is 0 Å². The van der Waals surface area contributed by atoms with Gasteiger partial charge in [-0.2, -0.15) is 0 Å². The van der Waals surface area contributed by atoms with Crippen LogP contribution in [0, 0.1) is 0 Å². The summed E-state index contributed by atoms with van der Waals surface area (Å²) in [6, 6.07) is 42.4. The topological polar surface area (TPSA) is 17.1 Å². The van der Waals surface area contributed by atoms with E-state index in [4.69, 9.17) is 0 Å². The molecule has 0 spiro atoms. The Morgan fingerprint density at radius 1 is 0.515 bits per heavy atom. The summed E-state index contributed by atoms with van der Waals surface area (Å²) in [5, 5.41) is 6.24. The van der Waals surface area contributed by atoms with Gasteiger partial charge in [-0.3, -0.25) is 4.79 Å². The third kappa shape index (κ3) is 4.67. The summed E-state index contributed by atoms with van der Waals surface area (Å²) in [7, 11) is -1.76. The molecule has 3 heteroatoms. The zero-order valence-electron chi connectivity index (χ0n) is 18.2. The Balaban J connectivity index is 1.70. The minimum absolute atomic E-state index is 0.193. The number of carbonyl (C=O) groups excluding carboxylic acids is 1. The third-order valence-electron chi connectivity index (χ3n) is 5.69. The lowest BCUT2D eigenvalue weighted by Crippen LogP contribution is -2.32. The molecule has 1 aliphatic rings. The highest BCUT2D eigenvalue weighted by atomic mass is 31.1. The van der Waals surface area contributed by atoms with E-state index in [1.165, 1.54) is 26.5 Å². The van der Waals surface area contributed by atoms with Gasteiger partial charge < -0.3 is 0 Å². The van der Waals surface area contributed by atoms with Crippen molar-refractivity contribution in [2.45, 2.75) is 5.66 Å². The molecule has 0 heterocycles. The summed E-state index contributed by atoms with van der Waals surface area (Å²) in [6.07, 6.45) is 5.91. The highest BCUT2D eigenvalue weighted by Gasteiger charge is 2.37. The number of benzene rings is 4. The molecule has 0 saturated carbocycles. The fourth-order valence-electron chi connectivity index (χ4n) is 4.25. The van der Waals surface area contributed by atoms with E-state index in [9.17, 15) is 4.79 Å². The highest BCUT2D eigenvalue weighted by Crippen LogP contribution is 2.55. The lowest BCUT2D eigenvalue weighted by atomic mass is 10.1. The van der Waals surface area contributed by atoms with Crippen molar-refractivity contribution in [3.8, 4) is 0 Å². The second-order valence-electron chi connectivity index (χ2n) is 7.80. The van der Waals surface area contributed by atoms with E-state index in [1.807, 2.05) is 18.2 Å². The molecule has 160 valence electrons. The molecular weight excluding hydrogens is 438 g/mol. The Morgan fingerprint density at radius 3 is 1.33 bits per heavy atom. The summed E-state index contributed by atoms with van der Waals surface area (Å²) in [6.45, 7) is 0. The molecule has 0 saturated heterocycles. The maximum absolute atomic E-state index is 13.7. The molecule has 1 nitrogen and oxygen atoms in total. The Morgan fingerprint density at radius 2 is 0.909 bits per heavy atom. The lowest BCUT2D eigenvalue weighted by molar-refractivity contribution is -0.113. The summed E-state index contributed by atoms with van der Waals surface area (Å²) < 4.78 is 0. The summed E-state index contributed by atoms with van der Waals surface area (Å²) in [4.78, 5) is 13.7. The predicted molar refractivity (Wildman–Crippen MR) is 144 cm³/mol. The molecule has 4 aromatic carbocycles. The molecule has 0 aromatic heterocycles. The molecule has 33 heavy (non-hydrogen) atoms. The molecule has 0 N–H and O–H groups in total. The SMILES string of the molecule is O=C1C=CC=C(P(c2ccccc2)c2ccccc2)C1P(c1ccccc1)c1ccccc1. The minimum Gasteiger partial charge on any atom is -0.294 e. The number of rotatable bonds is 6. The molecule has 4 aromatic rings. The molecule has 0 fully saturated rings. The van der Waals surface area contributed by atoms with Crippen LogP contribution in [0.4, 0.5) is 0 Å². The van der Waals surface area contributed by atoms with Crippen LogP contribution in [0.2, 0.25) is 0 Å². The van der Waals surface area contributed by atoms with Gasteiger partial charge in [0, 0.05) is 0 Å². The number of hydrogen-bond donors (Lipinski definition) is 0. The van der Waals surface area contributed by atoms with Gasteiger partial charge in [-0.25, -0.2) is 0 Å². The molecule has 0 aliphatic heterocycles. The molecule has 5 rings (SSSR count). The average molecular weight is 462 g/mol.